The first-order valence-electron chi connectivity index (χ1n) is 5.40. The Morgan fingerprint density at radius 1 is 1.32 bits per heavy atom. The number of halogens is 2. The minimum absolute atomic E-state index is 0.108. The van der Waals surface area contributed by atoms with Crippen molar-refractivity contribution in [3.8, 4) is 0 Å². The number of hydrogen-bond donors (Lipinski definition) is 2. The molecule has 106 valence electrons. The second-order valence-corrected chi connectivity index (χ2v) is 5.96. The summed E-state index contributed by atoms with van der Waals surface area (Å²) in [6.07, 6.45) is 0.108. The lowest BCUT2D eigenvalue weighted by atomic mass is 10.2. The van der Waals surface area contributed by atoms with Gasteiger partial charge in [0.15, 0.2) is 0 Å². The quantitative estimate of drug-likeness (QED) is 0.828. The van der Waals surface area contributed by atoms with Gasteiger partial charge in [-0.3, -0.25) is 4.79 Å². The van der Waals surface area contributed by atoms with Gasteiger partial charge in [-0.1, -0.05) is 0 Å². The van der Waals surface area contributed by atoms with Crippen molar-refractivity contribution in [2.24, 2.45) is 5.73 Å². The van der Waals surface area contributed by atoms with E-state index < -0.39 is 26.4 Å². The lowest BCUT2D eigenvalue weighted by Gasteiger charge is -2.13. The maximum absolute atomic E-state index is 12.3. The summed E-state index contributed by atoms with van der Waals surface area (Å²) in [7, 11) is -4.58. The van der Waals surface area contributed by atoms with Crippen molar-refractivity contribution in [3.63, 3.8) is 0 Å². The largest absolute Gasteiger partial charge is 0.382 e. The van der Waals surface area contributed by atoms with Gasteiger partial charge in [-0.2, -0.15) is 8.78 Å². The number of carbonyl (C=O) groups is 1. The number of primary amides is 1. The molecule has 1 amide bonds. The Labute approximate surface area is 109 Å². The molecule has 1 aromatic carbocycles. The minimum Gasteiger partial charge on any atom is -0.382 e. The van der Waals surface area contributed by atoms with E-state index in [0.29, 0.717) is 5.69 Å². The van der Waals surface area contributed by atoms with E-state index in [0.717, 1.165) is 12.1 Å². The summed E-state index contributed by atoms with van der Waals surface area (Å²) in [5.74, 6) is -3.92. The average molecular weight is 292 g/mol. The fourth-order valence-corrected chi connectivity index (χ4v) is 2.20. The molecule has 0 aromatic heterocycles. The average Bonchev–Trinajstić information content (AvgIpc) is 2.28. The van der Waals surface area contributed by atoms with Gasteiger partial charge in [0.1, 0.15) is 0 Å². The Balaban J connectivity index is 2.80. The number of amides is 1. The van der Waals surface area contributed by atoms with Crippen molar-refractivity contribution in [1.29, 1.82) is 0 Å². The predicted octanol–water partition coefficient (Wildman–Crippen LogP) is 1.36. The van der Waals surface area contributed by atoms with E-state index in [4.69, 9.17) is 5.73 Å². The monoisotopic (exact) mass is 292 g/mol. The molecule has 0 saturated carbocycles. The third kappa shape index (κ3) is 4.16. The van der Waals surface area contributed by atoms with Crippen LogP contribution in [0.5, 0.6) is 0 Å². The zero-order chi connectivity index (χ0) is 14.6. The summed E-state index contributed by atoms with van der Waals surface area (Å²) in [5.41, 5.74) is 5.54. The van der Waals surface area contributed by atoms with Crippen molar-refractivity contribution < 1.29 is 22.0 Å². The summed E-state index contributed by atoms with van der Waals surface area (Å²) >= 11 is 0. The molecular formula is C11H14F2N2O3S. The molecule has 0 heterocycles. The molecule has 0 bridgehead atoms. The van der Waals surface area contributed by atoms with Crippen LogP contribution in [0.2, 0.25) is 0 Å². The number of hydrogen-bond acceptors (Lipinski definition) is 4. The molecule has 0 fully saturated rings. The Hall–Kier alpha value is -1.70. The van der Waals surface area contributed by atoms with E-state index in [1.54, 1.807) is 6.92 Å². The molecule has 3 N–H and O–H groups in total. The van der Waals surface area contributed by atoms with Gasteiger partial charge in [0.05, 0.1) is 4.90 Å². The summed E-state index contributed by atoms with van der Waals surface area (Å²) in [4.78, 5) is 10.2. The van der Waals surface area contributed by atoms with Gasteiger partial charge < -0.3 is 11.1 Å². The van der Waals surface area contributed by atoms with Crippen LogP contribution < -0.4 is 11.1 Å². The molecular weight excluding hydrogens is 278 g/mol. The molecule has 0 aliphatic carbocycles. The number of anilines is 1. The molecule has 19 heavy (non-hydrogen) atoms. The van der Waals surface area contributed by atoms with Crippen molar-refractivity contribution in [3.05, 3.63) is 24.3 Å². The van der Waals surface area contributed by atoms with E-state index in [-0.39, 0.29) is 12.5 Å². The van der Waals surface area contributed by atoms with Crippen LogP contribution in [0.15, 0.2) is 29.2 Å². The third-order valence-corrected chi connectivity index (χ3v) is 3.74. The highest BCUT2D eigenvalue weighted by Gasteiger charge is 2.26. The highest BCUT2D eigenvalue weighted by Crippen LogP contribution is 2.20. The number of sulfone groups is 1. The summed E-state index contributed by atoms with van der Waals surface area (Å²) < 4.78 is 47.0. The van der Waals surface area contributed by atoms with Crippen LogP contribution in [0.25, 0.3) is 0 Å². The first-order valence-corrected chi connectivity index (χ1v) is 6.95. The lowest BCUT2D eigenvalue weighted by molar-refractivity contribution is -0.118. The van der Waals surface area contributed by atoms with Gasteiger partial charge in [0, 0.05) is 18.2 Å². The fraction of sp³-hybridized carbons (Fsp3) is 0.364. The number of nitrogens with one attached hydrogen (secondary N) is 1. The van der Waals surface area contributed by atoms with Crippen molar-refractivity contribution in [2.45, 2.75) is 30.0 Å². The Bertz CT molecular complexity index is 544. The second-order valence-electron chi connectivity index (χ2n) is 4.05. The highest BCUT2D eigenvalue weighted by atomic mass is 32.2. The van der Waals surface area contributed by atoms with Crippen LogP contribution in [-0.4, -0.2) is 26.1 Å². The normalized spacial score (nSPS) is 13.3. The topological polar surface area (TPSA) is 89.3 Å². The first kappa shape index (κ1) is 15.4. The molecule has 5 nitrogen and oxygen atoms in total. The SMILES string of the molecule is CC(CC(N)=O)Nc1ccc(S(=O)(=O)C(F)F)cc1. The molecule has 1 rings (SSSR count). The van der Waals surface area contributed by atoms with E-state index >= 15 is 0 Å². The predicted molar refractivity (Wildman–Crippen MR) is 66.5 cm³/mol. The Morgan fingerprint density at radius 2 is 1.84 bits per heavy atom. The molecule has 1 atom stereocenters. The number of carbonyl (C=O) groups excluding carboxylic acids is 1. The van der Waals surface area contributed by atoms with Gasteiger partial charge in [0.25, 0.3) is 0 Å². The molecule has 0 spiro atoms. The Kier molecular flexibility index (Phi) is 4.82. The Morgan fingerprint density at radius 3 is 2.26 bits per heavy atom. The molecule has 1 aromatic rings. The van der Waals surface area contributed by atoms with Crippen LogP contribution in [0.3, 0.4) is 0 Å². The number of nitrogens with two attached hydrogens (primary N) is 1. The van der Waals surface area contributed by atoms with Gasteiger partial charge >= 0.3 is 5.76 Å². The molecule has 8 heteroatoms. The van der Waals surface area contributed by atoms with Gasteiger partial charge in [-0.05, 0) is 31.2 Å². The zero-order valence-corrected chi connectivity index (χ0v) is 11.0. The number of rotatable bonds is 6. The van der Waals surface area contributed by atoms with Crippen molar-refractivity contribution in [2.75, 3.05) is 5.32 Å². The van der Waals surface area contributed by atoms with Crippen LogP contribution in [0, 0.1) is 0 Å². The fourth-order valence-electron chi connectivity index (χ4n) is 1.48. The van der Waals surface area contributed by atoms with Gasteiger partial charge in [-0.15, -0.1) is 0 Å². The second kappa shape index (κ2) is 5.96. The molecule has 0 saturated heterocycles. The summed E-state index contributed by atoms with van der Waals surface area (Å²) in [6.45, 7) is 1.72. The molecule has 1 unspecified atom stereocenters. The van der Waals surface area contributed by atoms with Crippen LogP contribution in [0.1, 0.15) is 13.3 Å². The first-order chi connectivity index (χ1) is 8.73. The van der Waals surface area contributed by atoms with Crippen molar-refractivity contribution in [1.82, 2.24) is 0 Å². The van der Waals surface area contributed by atoms with Crippen LogP contribution in [0.4, 0.5) is 14.5 Å². The van der Waals surface area contributed by atoms with E-state index in [1.807, 2.05) is 0 Å². The van der Waals surface area contributed by atoms with Crippen LogP contribution in [-0.2, 0) is 14.6 Å². The number of benzene rings is 1. The van der Waals surface area contributed by atoms with Crippen molar-refractivity contribution >= 4 is 21.4 Å². The lowest BCUT2D eigenvalue weighted by Crippen LogP contribution is -2.24. The van der Waals surface area contributed by atoms with Gasteiger partial charge in [0.2, 0.25) is 15.7 Å². The standard InChI is InChI=1S/C11H14F2N2O3S/c1-7(6-10(14)16)15-8-2-4-9(5-3-8)19(17,18)11(12)13/h2-5,7,11,15H,6H2,1H3,(H2,14,16). The van der Waals surface area contributed by atoms with E-state index in [9.17, 15) is 22.0 Å². The van der Waals surface area contributed by atoms with E-state index in [2.05, 4.69) is 5.32 Å². The molecule has 0 aliphatic rings. The van der Waals surface area contributed by atoms with Gasteiger partial charge in [-0.25, -0.2) is 8.42 Å². The zero-order valence-electron chi connectivity index (χ0n) is 10.1. The maximum Gasteiger partial charge on any atom is 0.341 e. The molecule has 0 aliphatic heterocycles. The minimum atomic E-state index is -4.58. The highest BCUT2D eigenvalue weighted by molar-refractivity contribution is 7.91. The number of alkyl halides is 2. The molecule has 0 radical (unpaired) electrons. The smallest absolute Gasteiger partial charge is 0.341 e. The summed E-state index contributed by atoms with van der Waals surface area (Å²) in [5, 5.41) is 2.90. The summed E-state index contributed by atoms with van der Waals surface area (Å²) in [6, 6.07) is 4.64. The van der Waals surface area contributed by atoms with E-state index in [1.165, 1.54) is 12.1 Å². The van der Waals surface area contributed by atoms with Crippen LogP contribution >= 0.6 is 0 Å². The maximum atomic E-state index is 12.3. The third-order valence-electron chi connectivity index (χ3n) is 2.34.